The van der Waals surface area contributed by atoms with Crippen LogP contribution in [0.4, 0.5) is 26.3 Å². The zero-order valence-electron chi connectivity index (χ0n) is 22.3. The van der Waals surface area contributed by atoms with Gasteiger partial charge in [-0.1, -0.05) is 6.92 Å². The van der Waals surface area contributed by atoms with Crippen LogP contribution in [0.5, 0.6) is 0 Å². The highest BCUT2D eigenvalue weighted by atomic mass is 19.3. The Hall–Kier alpha value is -4.82. The van der Waals surface area contributed by atoms with Gasteiger partial charge in [0.05, 0.1) is 17.9 Å². The van der Waals surface area contributed by atoms with Crippen LogP contribution in [-0.2, 0) is 30.1 Å². The van der Waals surface area contributed by atoms with Gasteiger partial charge in [0.1, 0.15) is 35.9 Å². The number of alkyl halides is 4. The molecule has 4 heterocycles. The molecule has 1 aromatic carbocycles. The molecule has 2 N–H and O–H groups in total. The number of aromatic nitrogens is 7. The molecular weight excluding hydrogens is 578 g/mol. The van der Waals surface area contributed by atoms with Crippen molar-refractivity contribution in [3.63, 3.8) is 0 Å². The number of halogens is 6. The maximum absolute atomic E-state index is 15.0. The Morgan fingerprint density at radius 1 is 1.09 bits per heavy atom. The average Bonchev–Trinajstić information content (AvgIpc) is 3.62. The maximum Gasteiger partial charge on any atom is 0.292 e. The number of H-pyrrole nitrogens is 1. The molecule has 1 aliphatic rings. The zero-order valence-corrected chi connectivity index (χ0v) is 22.3. The van der Waals surface area contributed by atoms with Crippen molar-refractivity contribution in [3.05, 3.63) is 89.0 Å². The van der Waals surface area contributed by atoms with E-state index in [0.717, 1.165) is 12.1 Å². The van der Waals surface area contributed by atoms with E-state index in [1.807, 2.05) is 0 Å². The van der Waals surface area contributed by atoms with E-state index in [2.05, 4.69) is 35.6 Å². The molecule has 0 saturated carbocycles. The summed E-state index contributed by atoms with van der Waals surface area (Å²) in [7, 11) is 0. The fourth-order valence-electron chi connectivity index (χ4n) is 5.43. The number of hydrogen-bond donors (Lipinski definition) is 2. The number of carbonyl (C=O) groups excluding carboxylic acids is 1. The van der Waals surface area contributed by atoms with Crippen molar-refractivity contribution in [1.82, 2.24) is 40.2 Å². The molecule has 1 unspecified atom stereocenters. The van der Waals surface area contributed by atoms with Crippen molar-refractivity contribution < 1.29 is 31.1 Å². The van der Waals surface area contributed by atoms with E-state index in [4.69, 9.17) is 0 Å². The molecule has 43 heavy (non-hydrogen) atoms. The summed E-state index contributed by atoms with van der Waals surface area (Å²) in [6, 6.07) is 3.54. The molecule has 1 aliphatic carbocycles. The van der Waals surface area contributed by atoms with Crippen molar-refractivity contribution in [2.45, 2.75) is 44.7 Å². The van der Waals surface area contributed by atoms with E-state index in [1.54, 1.807) is 12.3 Å². The first kappa shape index (κ1) is 28.3. The van der Waals surface area contributed by atoms with E-state index in [-0.39, 0.29) is 29.7 Å². The first-order valence-electron chi connectivity index (χ1n) is 13.1. The smallest absolute Gasteiger partial charge is 0.292 e. The number of fused-ring (bicyclic) bond motifs is 2. The lowest BCUT2D eigenvalue weighted by molar-refractivity contribution is -0.123. The minimum absolute atomic E-state index is 0.163. The van der Waals surface area contributed by atoms with Gasteiger partial charge in [0.25, 0.3) is 12.3 Å². The van der Waals surface area contributed by atoms with Crippen molar-refractivity contribution in [2.24, 2.45) is 5.92 Å². The predicted octanol–water partition coefficient (Wildman–Crippen LogP) is 5.21. The third-order valence-electron chi connectivity index (χ3n) is 7.40. The van der Waals surface area contributed by atoms with Crippen LogP contribution in [0.2, 0.25) is 0 Å². The van der Waals surface area contributed by atoms with E-state index >= 15 is 0 Å². The van der Waals surface area contributed by atoms with Crippen molar-refractivity contribution >= 4 is 16.9 Å². The summed E-state index contributed by atoms with van der Waals surface area (Å²) in [4.78, 5) is 26.1. The van der Waals surface area contributed by atoms with Gasteiger partial charge in [0, 0.05) is 46.5 Å². The molecule has 15 heteroatoms. The first-order valence-corrected chi connectivity index (χ1v) is 13.1. The summed E-state index contributed by atoms with van der Waals surface area (Å²) >= 11 is 0. The third-order valence-corrected chi connectivity index (χ3v) is 7.40. The molecule has 0 bridgehead atoms. The van der Waals surface area contributed by atoms with Gasteiger partial charge in [-0.25, -0.2) is 32.5 Å². The van der Waals surface area contributed by atoms with Crippen LogP contribution in [0.25, 0.3) is 22.2 Å². The Kier molecular flexibility index (Phi) is 7.10. The molecule has 4 aromatic heterocycles. The topological polar surface area (TPSA) is 114 Å². The number of rotatable bonds is 8. The van der Waals surface area contributed by atoms with Crippen LogP contribution >= 0.6 is 0 Å². The van der Waals surface area contributed by atoms with Gasteiger partial charge in [0.2, 0.25) is 5.91 Å². The summed E-state index contributed by atoms with van der Waals surface area (Å²) in [6.45, 7) is 0.425. The Labute approximate surface area is 239 Å². The summed E-state index contributed by atoms with van der Waals surface area (Å²) < 4.78 is 86.1. The highest BCUT2D eigenvalue weighted by Crippen LogP contribution is 2.48. The first-order chi connectivity index (χ1) is 20.5. The van der Waals surface area contributed by atoms with E-state index in [9.17, 15) is 31.1 Å². The SMILES string of the molecule is CC1Cc2c(C(F)F)nn(CC(=O)N[C@@H](Cc3cc(F)cc(F)c3)c3ncncc3-c3cnc4[nH]ncc4c3)c2C1(F)F. The maximum atomic E-state index is 15.0. The Morgan fingerprint density at radius 3 is 2.60 bits per heavy atom. The quantitative estimate of drug-likeness (QED) is 0.237. The molecule has 0 aliphatic heterocycles. The summed E-state index contributed by atoms with van der Waals surface area (Å²) in [5.41, 5.74) is 0.0763. The third kappa shape index (κ3) is 5.30. The van der Waals surface area contributed by atoms with Crippen LogP contribution in [-0.4, -0.2) is 40.8 Å². The Bertz CT molecular complexity index is 1820. The summed E-state index contributed by atoms with van der Waals surface area (Å²) in [6.07, 6.45) is 2.16. The van der Waals surface area contributed by atoms with Gasteiger partial charge in [-0.05, 0) is 36.6 Å². The molecule has 9 nitrogen and oxygen atoms in total. The van der Waals surface area contributed by atoms with Gasteiger partial charge in [-0.2, -0.15) is 19.0 Å². The normalized spacial score (nSPS) is 16.5. The lowest BCUT2D eigenvalue weighted by atomic mass is 9.96. The van der Waals surface area contributed by atoms with Crippen LogP contribution in [0.3, 0.4) is 0 Å². The number of pyridine rings is 1. The molecule has 0 saturated heterocycles. The van der Waals surface area contributed by atoms with E-state index in [1.165, 1.54) is 25.6 Å². The summed E-state index contributed by atoms with van der Waals surface area (Å²) in [5.74, 6) is -7.29. The van der Waals surface area contributed by atoms with Crippen LogP contribution < -0.4 is 5.32 Å². The molecule has 0 spiro atoms. The molecule has 6 rings (SSSR count). The molecule has 2 atom stereocenters. The number of benzene rings is 1. The highest BCUT2D eigenvalue weighted by Gasteiger charge is 2.51. The van der Waals surface area contributed by atoms with Crippen LogP contribution in [0, 0.1) is 17.6 Å². The molecule has 1 amide bonds. The number of carbonyl (C=O) groups is 1. The zero-order chi connectivity index (χ0) is 30.5. The van der Waals surface area contributed by atoms with Crippen molar-refractivity contribution in [3.8, 4) is 11.1 Å². The number of nitrogens with zero attached hydrogens (tertiary/aromatic N) is 6. The van der Waals surface area contributed by atoms with Crippen molar-refractivity contribution in [1.29, 1.82) is 0 Å². The molecular formula is C28H22F6N8O. The second-order valence-corrected chi connectivity index (χ2v) is 10.4. The molecule has 0 radical (unpaired) electrons. The van der Waals surface area contributed by atoms with E-state index < -0.39 is 59.8 Å². The predicted molar refractivity (Wildman–Crippen MR) is 140 cm³/mol. The van der Waals surface area contributed by atoms with Gasteiger partial charge in [0.15, 0.2) is 5.65 Å². The van der Waals surface area contributed by atoms with Gasteiger partial charge >= 0.3 is 0 Å². The fourth-order valence-corrected chi connectivity index (χ4v) is 5.43. The number of aromatic amines is 1. The van der Waals surface area contributed by atoms with E-state index in [0.29, 0.717) is 32.9 Å². The Morgan fingerprint density at radius 2 is 1.86 bits per heavy atom. The minimum atomic E-state index is -3.48. The Balaban J connectivity index is 1.37. The molecule has 5 aromatic rings. The number of amides is 1. The second kappa shape index (κ2) is 10.8. The molecule has 0 fully saturated rings. The standard InChI is InChI=1S/C28H22F6N8O/c1-13-2-19-24(26(31)32)41-42(25(19)28(13,33)34)11-22(43)39-21(5-14-3-17(29)7-18(30)4-14)23-20(10-35-12-37-23)15-6-16-9-38-40-27(16)36-8-15/h3-4,6-10,12-13,21,26H,2,5,11H2,1H3,(H,39,43)(H,36,38,40)/t13?,21-/m0/s1. The number of nitrogens with one attached hydrogen (secondary N) is 2. The highest BCUT2D eigenvalue weighted by molar-refractivity contribution is 5.81. The van der Waals surface area contributed by atoms with Crippen LogP contribution in [0.1, 0.15) is 47.6 Å². The lowest BCUT2D eigenvalue weighted by Crippen LogP contribution is -2.35. The largest absolute Gasteiger partial charge is 0.346 e. The van der Waals surface area contributed by atoms with Gasteiger partial charge < -0.3 is 5.32 Å². The number of hydrogen-bond acceptors (Lipinski definition) is 6. The fraction of sp³-hybridized carbons (Fsp3) is 0.286. The van der Waals surface area contributed by atoms with Crippen molar-refractivity contribution in [2.75, 3.05) is 0 Å². The summed E-state index contributed by atoms with van der Waals surface area (Å²) in [5, 5.41) is 13.7. The average molecular weight is 601 g/mol. The lowest BCUT2D eigenvalue weighted by Gasteiger charge is -2.22. The second-order valence-electron chi connectivity index (χ2n) is 10.4. The van der Waals surface area contributed by atoms with Gasteiger partial charge in [-0.3, -0.25) is 14.6 Å². The monoisotopic (exact) mass is 600 g/mol. The minimum Gasteiger partial charge on any atom is -0.346 e. The molecule has 222 valence electrons. The van der Waals surface area contributed by atoms with Crippen LogP contribution in [0.15, 0.2) is 49.2 Å². The van der Waals surface area contributed by atoms with Gasteiger partial charge in [-0.15, -0.1) is 0 Å².